The lowest BCUT2D eigenvalue weighted by Gasteiger charge is -2.18. The van der Waals surface area contributed by atoms with Gasteiger partial charge in [-0.15, -0.1) is 0 Å². The van der Waals surface area contributed by atoms with Crippen LogP contribution in [0.25, 0.3) is 0 Å². The Hall–Kier alpha value is -1.35. The second-order valence-electron chi connectivity index (χ2n) is 6.27. The van der Waals surface area contributed by atoms with E-state index in [1.54, 1.807) is 0 Å². The van der Waals surface area contributed by atoms with E-state index in [0.29, 0.717) is 18.8 Å². The van der Waals surface area contributed by atoms with Crippen molar-refractivity contribution < 1.29 is 4.79 Å². The smallest absolute Gasteiger partial charge is 0.224 e. The summed E-state index contributed by atoms with van der Waals surface area (Å²) in [5, 5.41) is 2.98. The SMILES string of the molecule is Cc1ccc(C(C)C)cc1NC(=O)CCC(C)(C)N. The molecule has 3 nitrogen and oxygen atoms in total. The summed E-state index contributed by atoms with van der Waals surface area (Å²) in [6, 6.07) is 6.22. The molecule has 1 aromatic carbocycles. The number of nitrogens with one attached hydrogen (secondary N) is 1. The molecule has 0 heterocycles. The molecule has 1 rings (SSSR count). The van der Waals surface area contributed by atoms with Gasteiger partial charge in [-0.25, -0.2) is 0 Å². The molecule has 3 heteroatoms. The fourth-order valence-electron chi connectivity index (χ4n) is 1.78. The number of rotatable bonds is 5. The summed E-state index contributed by atoms with van der Waals surface area (Å²) in [4.78, 5) is 11.9. The van der Waals surface area contributed by atoms with Gasteiger partial charge in [0.15, 0.2) is 0 Å². The van der Waals surface area contributed by atoms with Crippen LogP contribution < -0.4 is 11.1 Å². The van der Waals surface area contributed by atoms with Gasteiger partial charge in [0.05, 0.1) is 0 Å². The predicted molar refractivity (Wildman–Crippen MR) is 81.4 cm³/mol. The van der Waals surface area contributed by atoms with E-state index in [0.717, 1.165) is 11.3 Å². The molecule has 0 radical (unpaired) electrons. The fraction of sp³-hybridized carbons (Fsp3) is 0.562. The molecule has 0 unspecified atom stereocenters. The van der Waals surface area contributed by atoms with Crippen LogP contribution in [0.1, 0.15) is 57.6 Å². The molecule has 1 amide bonds. The van der Waals surface area contributed by atoms with E-state index in [9.17, 15) is 4.79 Å². The number of carbonyl (C=O) groups excluding carboxylic acids is 1. The number of aryl methyl sites for hydroxylation is 1. The van der Waals surface area contributed by atoms with E-state index in [1.165, 1.54) is 5.56 Å². The van der Waals surface area contributed by atoms with Gasteiger partial charge in [-0.1, -0.05) is 26.0 Å². The maximum atomic E-state index is 11.9. The zero-order valence-electron chi connectivity index (χ0n) is 12.7. The Labute approximate surface area is 116 Å². The number of amides is 1. The Bertz CT molecular complexity index is 445. The van der Waals surface area contributed by atoms with Gasteiger partial charge in [0.2, 0.25) is 5.91 Å². The minimum absolute atomic E-state index is 0.0301. The lowest BCUT2D eigenvalue weighted by Crippen LogP contribution is -2.33. The highest BCUT2D eigenvalue weighted by Crippen LogP contribution is 2.22. The molecule has 0 aliphatic carbocycles. The van der Waals surface area contributed by atoms with Crippen molar-refractivity contribution in [2.45, 2.75) is 58.9 Å². The zero-order valence-corrected chi connectivity index (χ0v) is 12.7. The van der Waals surface area contributed by atoms with Crippen LogP contribution in [0.15, 0.2) is 18.2 Å². The Morgan fingerprint density at radius 3 is 2.53 bits per heavy atom. The Kier molecular flexibility index (Phi) is 5.12. The van der Waals surface area contributed by atoms with Gasteiger partial charge in [0.25, 0.3) is 0 Å². The van der Waals surface area contributed by atoms with Crippen LogP contribution in [0, 0.1) is 6.92 Å². The molecule has 0 bridgehead atoms. The largest absolute Gasteiger partial charge is 0.326 e. The van der Waals surface area contributed by atoms with Crippen molar-refractivity contribution in [3.8, 4) is 0 Å². The number of benzene rings is 1. The van der Waals surface area contributed by atoms with E-state index < -0.39 is 0 Å². The molecule has 3 N–H and O–H groups in total. The third kappa shape index (κ3) is 5.43. The topological polar surface area (TPSA) is 55.1 Å². The first-order chi connectivity index (χ1) is 8.69. The lowest BCUT2D eigenvalue weighted by molar-refractivity contribution is -0.116. The molecule has 0 spiro atoms. The van der Waals surface area contributed by atoms with E-state index in [4.69, 9.17) is 5.73 Å². The van der Waals surface area contributed by atoms with E-state index >= 15 is 0 Å². The summed E-state index contributed by atoms with van der Waals surface area (Å²) < 4.78 is 0. The standard InChI is InChI=1S/C16H26N2O/c1-11(2)13-7-6-12(3)14(10-13)18-15(19)8-9-16(4,5)17/h6-7,10-11H,8-9,17H2,1-5H3,(H,18,19). The summed E-state index contributed by atoms with van der Waals surface area (Å²) in [5.74, 6) is 0.488. The van der Waals surface area contributed by atoms with Gasteiger partial charge in [-0.3, -0.25) is 4.79 Å². The Balaban J connectivity index is 2.71. The van der Waals surface area contributed by atoms with Crippen molar-refractivity contribution in [1.29, 1.82) is 0 Å². The van der Waals surface area contributed by atoms with E-state index in [-0.39, 0.29) is 11.4 Å². The molecule has 0 aliphatic rings. The van der Waals surface area contributed by atoms with E-state index in [2.05, 4.69) is 37.4 Å². The van der Waals surface area contributed by atoms with Crippen LogP contribution in [-0.2, 0) is 4.79 Å². The molecule has 19 heavy (non-hydrogen) atoms. The number of nitrogens with two attached hydrogens (primary N) is 1. The number of hydrogen-bond donors (Lipinski definition) is 2. The monoisotopic (exact) mass is 262 g/mol. The first-order valence-corrected chi connectivity index (χ1v) is 6.88. The molecule has 0 atom stereocenters. The molecule has 1 aromatic rings. The molecular weight excluding hydrogens is 236 g/mol. The maximum Gasteiger partial charge on any atom is 0.224 e. The average molecular weight is 262 g/mol. The van der Waals surface area contributed by atoms with Crippen molar-refractivity contribution in [3.05, 3.63) is 29.3 Å². The van der Waals surface area contributed by atoms with Gasteiger partial charge in [-0.2, -0.15) is 0 Å². The van der Waals surface area contributed by atoms with Crippen LogP contribution in [0.5, 0.6) is 0 Å². The first-order valence-electron chi connectivity index (χ1n) is 6.88. The maximum absolute atomic E-state index is 11.9. The highest BCUT2D eigenvalue weighted by Gasteiger charge is 2.14. The number of hydrogen-bond acceptors (Lipinski definition) is 2. The number of carbonyl (C=O) groups is 1. The molecule has 0 fully saturated rings. The number of anilines is 1. The molecule has 0 saturated carbocycles. The molecule has 0 aliphatic heterocycles. The van der Waals surface area contributed by atoms with Gasteiger partial charge in [0, 0.05) is 17.6 Å². The predicted octanol–water partition coefficient (Wildman–Crippen LogP) is 3.57. The third-order valence-electron chi connectivity index (χ3n) is 3.20. The molecular formula is C16H26N2O. The highest BCUT2D eigenvalue weighted by molar-refractivity contribution is 5.91. The second kappa shape index (κ2) is 6.20. The normalized spacial score (nSPS) is 11.7. The Morgan fingerprint density at radius 2 is 2.00 bits per heavy atom. The fourth-order valence-corrected chi connectivity index (χ4v) is 1.78. The summed E-state index contributed by atoms with van der Waals surface area (Å²) in [7, 11) is 0. The molecule has 0 saturated heterocycles. The lowest BCUT2D eigenvalue weighted by atomic mass is 9.99. The molecule has 106 valence electrons. The summed E-state index contributed by atoms with van der Waals surface area (Å²) in [5.41, 5.74) is 8.82. The van der Waals surface area contributed by atoms with Crippen molar-refractivity contribution in [3.63, 3.8) is 0 Å². The quantitative estimate of drug-likeness (QED) is 0.852. The van der Waals surface area contributed by atoms with Crippen LogP contribution >= 0.6 is 0 Å². The van der Waals surface area contributed by atoms with Gasteiger partial charge in [-0.05, 0) is 50.3 Å². The van der Waals surface area contributed by atoms with Gasteiger partial charge in [0.1, 0.15) is 0 Å². The van der Waals surface area contributed by atoms with Crippen LogP contribution in [0.4, 0.5) is 5.69 Å². The minimum Gasteiger partial charge on any atom is -0.326 e. The summed E-state index contributed by atoms with van der Waals surface area (Å²) in [6.45, 7) is 10.2. The average Bonchev–Trinajstić information content (AvgIpc) is 2.28. The van der Waals surface area contributed by atoms with Crippen molar-refractivity contribution in [1.82, 2.24) is 0 Å². The molecule has 0 aromatic heterocycles. The minimum atomic E-state index is -0.299. The van der Waals surface area contributed by atoms with Crippen molar-refractivity contribution in [2.24, 2.45) is 5.73 Å². The second-order valence-corrected chi connectivity index (χ2v) is 6.27. The van der Waals surface area contributed by atoms with Crippen LogP contribution in [0.3, 0.4) is 0 Å². The third-order valence-corrected chi connectivity index (χ3v) is 3.20. The van der Waals surface area contributed by atoms with Gasteiger partial charge < -0.3 is 11.1 Å². The van der Waals surface area contributed by atoms with Crippen molar-refractivity contribution >= 4 is 11.6 Å². The van der Waals surface area contributed by atoms with Crippen LogP contribution in [-0.4, -0.2) is 11.4 Å². The van der Waals surface area contributed by atoms with Crippen molar-refractivity contribution in [2.75, 3.05) is 5.32 Å². The van der Waals surface area contributed by atoms with Gasteiger partial charge >= 0.3 is 0 Å². The first kappa shape index (κ1) is 15.7. The summed E-state index contributed by atoms with van der Waals surface area (Å²) >= 11 is 0. The highest BCUT2D eigenvalue weighted by atomic mass is 16.1. The van der Waals surface area contributed by atoms with Crippen LogP contribution in [0.2, 0.25) is 0 Å². The summed E-state index contributed by atoms with van der Waals surface area (Å²) in [6.07, 6.45) is 1.14. The van der Waals surface area contributed by atoms with E-state index in [1.807, 2.05) is 20.8 Å². The zero-order chi connectivity index (χ0) is 14.6. The Morgan fingerprint density at radius 1 is 1.37 bits per heavy atom.